The van der Waals surface area contributed by atoms with Gasteiger partial charge in [-0.2, -0.15) is 0 Å². The normalized spacial score (nSPS) is 11.8. The van der Waals surface area contributed by atoms with Gasteiger partial charge in [0.05, 0.1) is 21.7 Å². The van der Waals surface area contributed by atoms with Gasteiger partial charge in [-0.3, -0.25) is 9.78 Å². The number of fused-ring (bicyclic) bond motifs is 1. The molecule has 3 aromatic carbocycles. The van der Waals surface area contributed by atoms with Gasteiger partial charge in [0.1, 0.15) is 0 Å². The predicted molar refractivity (Wildman–Crippen MR) is 122 cm³/mol. The molecule has 4 rings (SSSR count). The minimum Gasteiger partial charge on any atom is -0.309 e. The molecular weight excluding hydrogens is 394 g/mol. The Kier molecular flexibility index (Phi) is 5.86. The molecule has 0 aliphatic rings. The molecule has 150 valence electrons. The highest BCUT2D eigenvalue weighted by molar-refractivity contribution is 7.86. The summed E-state index contributed by atoms with van der Waals surface area (Å²) in [5.41, 5.74) is 2.47. The van der Waals surface area contributed by atoms with Crippen molar-refractivity contribution in [2.24, 2.45) is 0 Å². The Labute approximate surface area is 178 Å². The number of carbonyl (C=O) groups is 1. The molecule has 1 N–H and O–H groups in total. The average molecular weight is 416 g/mol. The zero-order valence-corrected chi connectivity index (χ0v) is 17.3. The van der Waals surface area contributed by atoms with Gasteiger partial charge in [-0.25, -0.2) is 4.21 Å². The fourth-order valence-electron chi connectivity index (χ4n) is 3.34. The maximum absolute atomic E-state index is 13.3. The molecule has 0 radical (unpaired) electrons. The zero-order valence-electron chi connectivity index (χ0n) is 16.5. The molecule has 1 atom stereocenters. The first-order valence-electron chi connectivity index (χ1n) is 9.67. The van der Waals surface area contributed by atoms with Crippen LogP contribution in [0.1, 0.15) is 17.3 Å². The van der Waals surface area contributed by atoms with Crippen LogP contribution in [-0.4, -0.2) is 21.6 Å². The van der Waals surface area contributed by atoms with Crippen LogP contribution >= 0.6 is 0 Å². The van der Waals surface area contributed by atoms with E-state index in [-0.39, 0.29) is 5.91 Å². The maximum atomic E-state index is 13.3. The number of carbonyl (C=O) groups excluding carboxylic acids is 1. The van der Waals surface area contributed by atoms with Crippen molar-refractivity contribution in [3.05, 3.63) is 96.7 Å². The molecule has 0 spiro atoms. The van der Waals surface area contributed by atoms with Crippen molar-refractivity contribution < 1.29 is 9.00 Å². The van der Waals surface area contributed by atoms with Gasteiger partial charge in [0.15, 0.2) is 11.0 Å². The van der Waals surface area contributed by atoms with E-state index in [1.807, 2.05) is 67.6 Å². The number of benzene rings is 3. The third-order valence-electron chi connectivity index (χ3n) is 4.78. The summed E-state index contributed by atoms with van der Waals surface area (Å²) in [5.74, 6) is -0.153. The molecule has 0 saturated heterocycles. The Balaban J connectivity index is 1.66. The average Bonchev–Trinajstić information content (AvgIpc) is 2.80. The highest BCUT2D eigenvalue weighted by Gasteiger charge is 2.20. The monoisotopic (exact) mass is 415 g/mol. The number of hydrogen-bond acceptors (Lipinski definition) is 3. The molecule has 0 saturated carbocycles. The van der Waals surface area contributed by atoms with Crippen LogP contribution in [0.5, 0.6) is 0 Å². The van der Waals surface area contributed by atoms with Crippen molar-refractivity contribution in [2.45, 2.75) is 11.8 Å². The number of pyridine rings is 1. The lowest BCUT2D eigenvalue weighted by atomic mass is 10.1. The summed E-state index contributed by atoms with van der Waals surface area (Å²) in [6.07, 6.45) is 1.68. The Morgan fingerprint density at radius 3 is 2.47 bits per heavy atom. The molecule has 0 aliphatic heterocycles. The van der Waals surface area contributed by atoms with Gasteiger partial charge in [0.25, 0.3) is 5.91 Å². The number of aromatic nitrogens is 1. The lowest BCUT2D eigenvalue weighted by molar-refractivity contribution is 0.0989. The second-order valence-electron chi connectivity index (χ2n) is 6.63. The number of rotatable bonds is 6. The summed E-state index contributed by atoms with van der Waals surface area (Å²) in [4.78, 5) is 19.9. The molecule has 6 heteroatoms. The SMILES string of the molecule is CCN(C(=O)c1ccccc1NS(=O)c1cccc2cccnc12)c1ccccc1. The fraction of sp³-hybridized carbons (Fsp3) is 0.0833. The first-order chi connectivity index (χ1) is 14.7. The fourth-order valence-corrected chi connectivity index (χ4v) is 4.37. The van der Waals surface area contributed by atoms with Crippen molar-refractivity contribution in [3.8, 4) is 0 Å². The molecule has 0 fully saturated rings. The van der Waals surface area contributed by atoms with Gasteiger partial charge in [-0.05, 0) is 43.3 Å². The van der Waals surface area contributed by atoms with E-state index in [0.29, 0.717) is 28.2 Å². The van der Waals surface area contributed by atoms with Gasteiger partial charge >= 0.3 is 0 Å². The summed E-state index contributed by atoms with van der Waals surface area (Å²) >= 11 is 0. The largest absolute Gasteiger partial charge is 0.309 e. The van der Waals surface area contributed by atoms with Crippen LogP contribution in [0.2, 0.25) is 0 Å². The second-order valence-corrected chi connectivity index (χ2v) is 7.81. The van der Waals surface area contributed by atoms with Gasteiger partial charge < -0.3 is 9.62 Å². The molecule has 30 heavy (non-hydrogen) atoms. The Morgan fingerprint density at radius 1 is 0.933 bits per heavy atom. The summed E-state index contributed by atoms with van der Waals surface area (Å²) in [7, 11) is -1.58. The molecule has 1 amide bonds. The number of nitrogens with zero attached hydrogens (tertiary/aromatic N) is 2. The Hall–Kier alpha value is -3.51. The summed E-state index contributed by atoms with van der Waals surface area (Å²) < 4.78 is 16.2. The summed E-state index contributed by atoms with van der Waals surface area (Å²) in [6.45, 7) is 2.45. The van der Waals surface area contributed by atoms with Crippen LogP contribution in [0, 0.1) is 0 Å². The van der Waals surface area contributed by atoms with Crippen molar-refractivity contribution in [1.82, 2.24) is 4.98 Å². The van der Waals surface area contributed by atoms with Gasteiger partial charge in [0, 0.05) is 23.8 Å². The lowest BCUT2D eigenvalue weighted by Crippen LogP contribution is -2.31. The first-order valence-corrected chi connectivity index (χ1v) is 10.8. The lowest BCUT2D eigenvalue weighted by Gasteiger charge is -2.22. The van der Waals surface area contributed by atoms with Crippen molar-refractivity contribution >= 4 is 39.2 Å². The standard InChI is InChI=1S/C24H21N3O2S/c1-2-27(19-12-4-3-5-13-19)24(28)20-14-6-7-15-21(20)26-30(29)22-16-8-10-18-11-9-17-25-23(18)22/h3-17,26H,2H2,1H3. The third kappa shape index (κ3) is 3.95. The second kappa shape index (κ2) is 8.88. The zero-order chi connectivity index (χ0) is 20.9. The Bertz CT molecular complexity index is 1210. The van der Waals surface area contributed by atoms with E-state index in [0.717, 1.165) is 11.1 Å². The number of nitrogens with one attached hydrogen (secondary N) is 1. The van der Waals surface area contributed by atoms with Crippen LogP contribution in [0.25, 0.3) is 10.9 Å². The van der Waals surface area contributed by atoms with E-state index >= 15 is 0 Å². The van der Waals surface area contributed by atoms with Crippen molar-refractivity contribution in [2.75, 3.05) is 16.2 Å². The number of amides is 1. The van der Waals surface area contributed by atoms with Crippen LogP contribution < -0.4 is 9.62 Å². The molecule has 5 nitrogen and oxygen atoms in total. The van der Waals surface area contributed by atoms with Crippen molar-refractivity contribution in [3.63, 3.8) is 0 Å². The van der Waals surface area contributed by atoms with Gasteiger partial charge in [0.2, 0.25) is 0 Å². The topological polar surface area (TPSA) is 62.3 Å². The van der Waals surface area contributed by atoms with Crippen LogP contribution in [0.4, 0.5) is 11.4 Å². The molecule has 4 aromatic rings. The van der Waals surface area contributed by atoms with Crippen LogP contribution in [0.3, 0.4) is 0 Å². The predicted octanol–water partition coefficient (Wildman–Crippen LogP) is 5.04. The minimum atomic E-state index is -1.58. The Morgan fingerprint density at radius 2 is 1.67 bits per heavy atom. The highest BCUT2D eigenvalue weighted by atomic mass is 32.2. The van der Waals surface area contributed by atoms with E-state index in [1.54, 1.807) is 35.4 Å². The van der Waals surface area contributed by atoms with E-state index in [9.17, 15) is 9.00 Å². The third-order valence-corrected chi connectivity index (χ3v) is 5.92. The van der Waals surface area contributed by atoms with E-state index < -0.39 is 11.0 Å². The number of hydrogen-bond donors (Lipinski definition) is 1. The van der Waals surface area contributed by atoms with Gasteiger partial charge in [-0.15, -0.1) is 0 Å². The van der Waals surface area contributed by atoms with Gasteiger partial charge in [-0.1, -0.05) is 48.5 Å². The molecule has 0 aliphatic carbocycles. The number of para-hydroxylation sites is 3. The molecule has 1 unspecified atom stereocenters. The molecule has 1 aromatic heterocycles. The van der Waals surface area contributed by atoms with E-state index in [4.69, 9.17) is 0 Å². The molecule has 0 bridgehead atoms. The minimum absolute atomic E-state index is 0.153. The summed E-state index contributed by atoms with van der Waals surface area (Å²) in [5, 5.41) is 0.913. The quantitative estimate of drug-likeness (QED) is 0.480. The van der Waals surface area contributed by atoms with E-state index in [1.165, 1.54) is 0 Å². The van der Waals surface area contributed by atoms with Crippen LogP contribution in [-0.2, 0) is 11.0 Å². The number of anilines is 2. The maximum Gasteiger partial charge on any atom is 0.260 e. The van der Waals surface area contributed by atoms with E-state index in [2.05, 4.69) is 9.71 Å². The van der Waals surface area contributed by atoms with Crippen LogP contribution in [0.15, 0.2) is 96.0 Å². The molecule has 1 heterocycles. The highest BCUT2D eigenvalue weighted by Crippen LogP contribution is 2.25. The molecular formula is C24H21N3O2S. The summed E-state index contributed by atoms with van der Waals surface area (Å²) in [6, 6.07) is 26.0. The van der Waals surface area contributed by atoms with Crippen molar-refractivity contribution in [1.29, 1.82) is 0 Å². The smallest absolute Gasteiger partial charge is 0.260 e. The first kappa shape index (κ1) is 19.8.